The normalized spacial score (nSPS) is 14.9. The maximum absolute atomic E-state index is 14.5. The van der Waals surface area contributed by atoms with Crippen molar-refractivity contribution < 1.29 is 23.6 Å². The van der Waals surface area contributed by atoms with Crippen molar-refractivity contribution in [1.82, 2.24) is 15.5 Å². The van der Waals surface area contributed by atoms with E-state index in [0.717, 1.165) is 6.07 Å². The molecule has 1 aliphatic heterocycles. The third-order valence-electron chi connectivity index (χ3n) is 4.83. The van der Waals surface area contributed by atoms with Crippen molar-refractivity contribution in [1.29, 1.82) is 0 Å². The van der Waals surface area contributed by atoms with Gasteiger partial charge in [-0.05, 0) is 18.6 Å². The van der Waals surface area contributed by atoms with Crippen molar-refractivity contribution in [2.45, 2.75) is 18.9 Å². The average molecular weight is 392 g/mol. The number of aldehydes is 2. The zero-order valence-corrected chi connectivity index (χ0v) is 16.0. The molecule has 1 aromatic rings. The van der Waals surface area contributed by atoms with E-state index in [1.165, 1.54) is 25.1 Å². The number of carbonyl (C=O) groups excluding carboxylic acids is 4. The molecular formula is C19H25FN4O4. The fraction of sp³-hybridized carbons (Fsp3) is 0.474. The molecule has 2 N–H and O–H groups in total. The smallest absolute Gasteiger partial charge is 0.255 e. The van der Waals surface area contributed by atoms with Gasteiger partial charge in [0.1, 0.15) is 18.1 Å². The number of nitrogens with zero attached hydrogens (tertiary/aromatic N) is 2. The molecule has 1 fully saturated rings. The number of hydrogen-bond acceptors (Lipinski definition) is 6. The number of amides is 2. The van der Waals surface area contributed by atoms with Crippen molar-refractivity contribution in [2.75, 3.05) is 45.2 Å². The van der Waals surface area contributed by atoms with Crippen LogP contribution in [0.1, 0.15) is 33.6 Å². The Morgan fingerprint density at radius 1 is 1.32 bits per heavy atom. The first-order valence-electron chi connectivity index (χ1n) is 9.11. The first kappa shape index (κ1) is 21.5. The third-order valence-corrected chi connectivity index (χ3v) is 4.83. The van der Waals surface area contributed by atoms with Crippen LogP contribution in [0, 0.1) is 5.82 Å². The molecule has 1 aromatic carbocycles. The number of halogens is 1. The molecule has 0 radical (unpaired) electrons. The minimum Gasteiger partial charge on any atom is -0.367 e. The molecule has 1 heterocycles. The Morgan fingerprint density at radius 2 is 2.00 bits per heavy atom. The van der Waals surface area contributed by atoms with Gasteiger partial charge in [-0.1, -0.05) is 0 Å². The Bertz CT molecular complexity index is 750. The average Bonchev–Trinajstić information content (AvgIpc) is 2.73. The summed E-state index contributed by atoms with van der Waals surface area (Å²) >= 11 is 0. The standard InChI is InChI=1S/C19H25FN4O4/c1-21-18(27)16(4-3-9-25)23(2)19(28)14-11-17(15(20)10-13(14)12-26)24-7-5-22-6-8-24/h9-12,16,22H,3-8H2,1-2H3,(H,21,27). The highest BCUT2D eigenvalue weighted by Crippen LogP contribution is 2.25. The van der Waals surface area contributed by atoms with Crippen LogP contribution in [0.2, 0.25) is 0 Å². The minimum atomic E-state index is -0.880. The van der Waals surface area contributed by atoms with E-state index in [1.54, 1.807) is 4.90 Å². The number of rotatable bonds is 8. The first-order valence-corrected chi connectivity index (χ1v) is 9.11. The summed E-state index contributed by atoms with van der Waals surface area (Å²) in [6.07, 6.45) is 1.34. The molecule has 8 nitrogen and oxygen atoms in total. The number of nitrogens with one attached hydrogen (secondary N) is 2. The molecule has 9 heteroatoms. The van der Waals surface area contributed by atoms with E-state index >= 15 is 0 Å². The van der Waals surface area contributed by atoms with Crippen LogP contribution in [-0.2, 0) is 9.59 Å². The van der Waals surface area contributed by atoms with Gasteiger partial charge >= 0.3 is 0 Å². The molecule has 152 valence electrons. The zero-order valence-electron chi connectivity index (χ0n) is 16.0. The molecule has 2 amide bonds. The fourth-order valence-electron chi connectivity index (χ4n) is 3.23. The monoisotopic (exact) mass is 392 g/mol. The molecule has 2 rings (SSSR count). The summed E-state index contributed by atoms with van der Waals surface area (Å²) in [5.74, 6) is -1.58. The zero-order chi connectivity index (χ0) is 20.7. The largest absolute Gasteiger partial charge is 0.367 e. The Morgan fingerprint density at radius 3 is 2.57 bits per heavy atom. The highest BCUT2D eigenvalue weighted by atomic mass is 19.1. The number of likely N-dealkylation sites (N-methyl/N-ethyl adjacent to an activating group) is 2. The summed E-state index contributed by atoms with van der Waals surface area (Å²) in [6.45, 7) is 2.51. The summed E-state index contributed by atoms with van der Waals surface area (Å²) in [5.41, 5.74) is 0.181. The van der Waals surface area contributed by atoms with Crippen molar-refractivity contribution in [3.05, 3.63) is 29.1 Å². The van der Waals surface area contributed by atoms with E-state index in [1.807, 2.05) is 0 Å². The second-order valence-corrected chi connectivity index (χ2v) is 6.54. The topological polar surface area (TPSA) is 98.8 Å². The quantitative estimate of drug-likeness (QED) is 0.614. The molecule has 0 aromatic heterocycles. The second-order valence-electron chi connectivity index (χ2n) is 6.54. The van der Waals surface area contributed by atoms with Gasteiger partial charge in [-0.3, -0.25) is 14.4 Å². The molecule has 0 spiro atoms. The highest BCUT2D eigenvalue weighted by Gasteiger charge is 2.29. The molecule has 1 aliphatic rings. The molecule has 0 bridgehead atoms. The van der Waals surface area contributed by atoms with Gasteiger partial charge in [0.2, 0.25) is 5.91 Å². The van der Waals surface area contributed by atoms with Gasteiger partial charge in [-0.25, -0.2) is 4.39 Å². The summed E-state index contributed by atoms with van der Waals surface area (Å²) in [4.78, 5) is 50.3. The van der Waals surface area contributed by atoms with E-state index < -0.39 is 23.7 Å². The van der Waals surface area contributed by atoms with Crippen LogP contribution in [0.15, 0.2) is 12.1 Å². The molecule has 28 heavy (non-hydrogen) atoms. The Balaban J connectivity index is 2.39. The molecule has 1 saturated heterocycles. The molecule has 1 atom stereocenters. The van der Waals surface area contributed by atoms with Crippen molar-refractivity contribution in [3.63, 3.8) is 0 Å². The van der Waals surface area contributed by atoms with Gasteiger partial charge in [0, 0.05) is 52.3 Å². The lowest BCUT2D eigenvalue weighted by molar-refractivity contribution is -0.125. The van der Waals surface area contributed by atoms with Gasteiger partial charge < -0.3 is 25.2 Å². The van der Waals surface area contributed by atoms with Gasteiger partial charge in [0.25, 0.3) is 5.91 Å². The van der Waals surface area contributed by atoms with Crippen LogP contribution >= 0.6 is 0 Å². The third kappa shape index (κ3) is 4.72. The maximum atomic E-state index is 14.5. The lowest BCUT2D eigenvalue weighted by atomic mass is 10.0. The van der Waals surface area contributed by atoms with Gasteiger partial charge in [-0.2, -0.15) is 0 Å². The predicted octanol–water partition coefficient (Wildman–Crippen LogP) is 0.214. The lowest BCUT2D eigenvalue weighted by Gasteiger charge is -2.31. The second kappa shape index (κ2) is 9.93. The maximum Gasteiger partial charge on any atom is 0.255 e. The summed E-state index contributed by atoms with van der Waals surface area (Å²) in [5, 5.41) is 5.64. The molecule has 0 aliphatic carbocycles. The van der Waals surface area contributed by atoms with Crippen molar-refractivity contribution >= 4 is 30.1 Å². The van der Waals surface area contributed by atoms with E-state index in [0.29, 0.717) is 38.8 Å². The van der Waals surface area contributed by atoms with E-state index in [4.69, 9.17) is 0 Å². The fourth-order valence-corrected chi connectivity index (χ4v) is 3.23. The van der Waals surface area contributed by atoms with Crippen LogP contribution in [0.5, 0.6) is 0 Å². The predicted molar refractivity (Wildman–Crippen MR) is 102 cm³/mol. The van der Waals surface area contributed by atoms with Crippen LogP contribution < -0.4 is 15.5 Å². The lowest BCUT2D eigenvalue weighted by Crippen LogP contribution is -2.47. The number of carbonyl (C=O) groups is 4. The van der Waals surface area contributed by atoms with Gasteiger partial charge in [0.05, 0.1) is 11.3 Å². The number of piperazine rings is 1. The van der Waals surface area contributed by atoms with Crippen LogP contribution in [0.3, 0.4) is 0 Å². The summed E-state index contributed by atoms with van der Waals surface area (Å²) < 4.78 is 14.5. The Hall–Kier alpha value is -2.81. The summed E-state index contributed by atoms with van der Waals surface area (Å²) in [7, 11) is 2.86. The number of hydrogen-bond donors (Lipinski definition) is 2. The van der Waals surface area contributed by atoms with Crippen molar-refractivity contribution in [2.24, 2.45) is 0 Å². The first-order chi connectivity index (χ1) is 13.4. The minimum absolute atomic E-state index is 0.0208. The molecular weight excluding hydrogens is 367 g/mol. The van der Waals surface area contributed by atoms with Crippen LogP contribution in [0.4, 0.5) is 10.1 Å². The number of benzene rings is 1. The summed E-state index contributed by atoms with van der Waals surface area (Å²) in [6, 6.07) is 1.53. The van der Waals surface area contributed by atoms with Crippen LogP contribution in [0.25, 0.3) is 0 Å². The van der Waals surface area contributed by atoms with Crippen LogP contribution in [-0.4, -0.2) is 75.6 Å². The van der Waals surface area contributed by atoms with E-state index in [2.05, 4.69) is 10.6 Å². The van der Waals surface area contributed by atoms with Gasteiger partial charge in [-0.15, -0.1) is 0 Å². The van der Waals surface area contributed by atoms with E-state index in [-0.39, 0.29) is 29.7 Å². The highest BCUT2D eigenvalue weighted by molar-refractivity contribution is 6.04. The molecule has 0 saturated carbocycles. The Kier molecular flexibility index (Phi) is 7.62. The van der Waals surface area contributed by atoms with Crippen molar-refractivity contribution in [3.8, 4) is 0 Å². The Labute approximate surface area is 163 Å². The SMILES string of the molecule is CNC(=O)C(CCC=O)N(C)C(=O)c1cc(N2CCNCC2)c(F)cc1C=O. The van der Waals surface area contributed by atoms with E-state index in [9.17, 15) is 23.6 Å². The van der Waals surface area contributed by atoms with Gasteiger partial charge in [0.15, 0.2) is 6.29 Å². The number of anilines is 1. The molecule has 1 unspecified atom stereocenters.